The van der Waals surface area contributed by atoms with Gasteiger partial charge in [0.1, 0.15) is 6.29 Å². The molecule has 0 aromatic carbocycles. The molecule has 0 aliphatic rings. The highest BCUT2D eigenvalue weighted by atomic mass is 28.3. The molecule has 0 heterocycles. The summed E-state index contributed by atoms with van der Waals surface area (Å²) in [6.45, 7) is 8.88. The Kier molecular flexibility index (Phi) is 7.39. The summed E-state index contributed by atoms with van der Waals surface area (Å²) in [4.78, 5) is 10.2. The zero-order valence-electron chi connectivity index (χ0n) is 9.76. The summed E-state index contributed by atoms with van der Waals surface area (Å²) in [6.07, 6.45) is 6.89. The smallest absolute Gasteiger partial charge is 0.142 e. The van der Waals surface area contributed by atoms with E-state index in [1.807, 2.05) is 6.92 Å². The molecule has 0 N–H and O–H groups in total. The van der Waals surface area contributed by atoms with Gasteiger partial charge in [0.05, 0.1) is 0 Å². The van der Waals surface area contributed by atoms with E-state index in [0.29, 0.717) is 0 Å². The van der Waals surface area contributed by atoms with Crippen LogP contribution in [0.4, 0.5) is 0 Å². The number of carbonyl (C=O) groups is 1. The van der Waals surface area contributed by atoms with Gasteiger partial charge in [-0.3, -0.25) is 4.79 Å². The Hall–Kier alpha value is -0.633. The fourth-order valence-electron chi connectivity index (χ4n) is 1.38. The molecule has 0 amide bonds. The molecule has 0 spiro atoms. The van der Waals surface area contributed by atoms with Crippen LogP contribution in [0.5, 0.6) is 0 Å². The molecule has 2 heteroatoms. The van der Waals surface area contributed by atoms with Crippen LogP contribution in [-0.4, -0.2) is 15.1 Å². The molecule has 1 radical (unpaired) electrons. The number of rotatable bonds is 6. The molecule has 0 bridgehead atoms. The summed E-state index contributed by atoms with van der Waals surface area (Å²) in [5, 5.41) is 0. The van der Waals surface area contributed by atoms with Crippen LogP contribution in [0.1, 0.15) is 26.7 Å². The molecule has 0 fully saturated rings. The maximum atomic E-state index is 10.2. The van der Waals surface area contributed by atoms with Gasteiger partial charge < -0.3 is 0 Å². The molecule has 0 rings (SSSR count). The Morgan fingerprint density at radius 2 is 1.86 bits per heavy atom. The quantitative estimate of drug-likeness (QED) is 0.283. The van der Waals surface area contributed by atoms with Crippen molar-refractivity contribution in [1.29, 1.82) is 0 Å². The average molecular weight is 209 g/mol. The average Bonchev–Trinajstić information content (AvgIpc) is 2.02. The molecule has 79 valence electrons. The molecule has 1 nitrogen and oxygen atoms in total. The maximum Gasteiger partial charge on any atom is 0.142 e. The first kappa shape index (κ1) is 13.4. The molecule has 0 aromatic rings. The van der Waals surface area contributed by atoms with Gasteiger partial charge in [-0.05, 0) is 38.8 Å². The molecule has 0 aliphatic carbocycles. The normalized spacial score (nSPS) is 13.5. The molecule has 0 aliphatic heterocycles. The van der Waals surface area contributed by atoms with Crippen LogP contribution in [0.15, 0.2) is 23.3 Å². The molecule has 14 heavy (non-hydrogen) atoms. The first-order valence-electron chi connectivity index (χ1n) is 5.12. The molecular formula is C12H21OSi. The van der Waals surface area contributed by atoms with Crippen molar-refractivity contribution in [3.8, 4) is 0 Å². The van der Waals surface area contributed by atoms with E-state index in [2.05, 4.69) is 26.1 Å². The summed E-state index contributed by atoms with van der Waals surface area (Å²) in [6, 6.07) is 1.28. The fourth-order valence-corrected chi connectivity index (χ4v) is 2.64. The van der Waals surface area contributed by atoms with Crippen molar-refractivity contribution in [2.24, 2.45) is 0 Å². The second-order valence-electron chi connectivity index (χ2n) is 4.12. The zero-order chi connectivity index (χ0) is 11.0. The van der Waals surface area contributed by atoms with Gasteiger partial charge in [0.15, 0.2) is 0 Å². The molecule has 0 saturated heterocycles. The summed E-state index contributed by atoms with van der Waals surface area (Å²) < 4.78 is 0. The Bertz CT molecular complexity index is 226. The highest BCUT2D eigenvalue weighted by Crippen LogP contribution is 2.10. The van der Waals surface area contributed by atoms with Crippen LogP contribution in [-0.2, 0) is 4.79 Å². The third-order valence-corrected chi connectivity index (χ3v) is 3.28. The monoisotopic (exact) mass is 209 g/mol. The van der Waals surface area contributed by atoms with E-state index in [1.165, 1.54) is 17.2 Å². The molecule has 0 atom stereocenters. The first-order valence-corrected chi connectivity index (χ1v) is 7.82. The predicted molar refractivity (Wildman–Crippen MR) is 65.1 cm³/mol. The van der Waals surface area contributed by atoms with Gasteiger partial charge >= 0.3 is 0 Å². The minimum atomic E-state index is -0.133. The van der Waals surface area contributed by atoms with Crippen LogP contribution in [0.2, 0.25) is 19.1 Å². The second kappa shape index (κ2) is 7.74. The van der Waals surface area contributed by atoms with E-state index in [0.717, 1.165) is 19.1 Å². The standard InChI is InChI=1S/C12H21OSi/c1-11(8-9-13)6-5-7-12(2)10-14(3)4/h7-9H,5-6,10H2,1-4H3/b11-8-,12-7?. The van der Waals surface area contributed by atoms with Crippen molar-refractivity contribution in [2.45, 2.75) is 45.8 Å². The van der Waals surface area contributed by atoms with Crippen LogP contribution >= 0.6 is 0 Å². The van der Waals surface area contributed by atoms with Crippen molar-refractivity contribution < 1.29 is 4.79 Å². The van der Waals surface area contributed by atoms with E-state index in [1.54, 1.807) is 6.08 Å². The van der Waals surface area contributed by atoms with Crippen molar-refractivity contribution in [2.75, 3.05) is 0 Å². The lowest BCUT2D eigenvalue weighted by Crippen LogP contribution is -1.98. The van der Waals surface area contributed by atoms with E-state index in [9.17, 15) is 4.79 Å². The Morgan fingerprint density at radius 1 is 1.21 bits per heavy atom. The van der Waals surface area contributed by atoms with Gasteiger partial charge in [0, 0.05) is 8.80 Å². The molecule has 0 aromatic heterocycles. The zero-order valence-corrected chi connectivity index (χ0v) is 10.8. The third-order valence-electron chi connectivity index (χ3n) is 2.02. The Balaban J connectivity index is 3.81. The van der Waals surface area contributed by atoms with Gasteiger partial charge in [-0.25, -0.2) is 0 Å². The minimum Gasteiger partial charge on any atom is -0.299 e. The highest BCUT2D eigenvalue weighted by Gasteiger charge is 1.96. The third kappa shape index (κ3) is 7.99. The van der Waals surface area contributed by atoms with Gasteiger partial charge in [0.25, 0.3) is 0 Å². The molecular weight excluding hydrogens is 188 g/mol. The van der Waals surface area contributed by atoms with E-state index >= 15 is 0 Å². The van der Waals surface area contributed by atoms with E-state index < -0.39 is 0 Å². The van der Waals surface area contributed by atoms with Crippen molar-refractivity contribution in [1.82, 2.24) is 0 Å². The topological polar surface area (TPSA) is 17.1 Å². The predicted octanol–water partition coefficient (Wildman–Crippen LogP) is 3.61. The van der Waals surface area contributed by atoms with Crippen LogP contribution in [0, 0.1) is 0 Å². The minimum absolute atomic E-state index is 0.133. The number of hydrogen-bond donors (Lipinski definition) is 0. The summed E-state index contributed by atoms with van der Waals surface area (Å²) >= 11 is 0. The van der Waals surface area contributed by atoms with Gasteiger partial charge in [-0.2, -0.15) is 0 Å². The lowest BCUT2D eigenvalue weighted by molar-refractivity contribution is -0.104. The Labute approximate surface area is 89.5 Å². The van der Waals surface area contributed by atoms with Crippen molar-refractivity contribution in [3.63, 3.8) is 0 Å². The largest absolute Gasteiger partial charge is 0.299 e. The second-order valence-corrected chi connectivity index (χ2v) is 6.89. The number of aldehydes is 1. The van der Waals surface area contributed by atoms with Crippen molar-refractivity contribution in [3.05, 3.63) is 23.3 Å². The Morgan fingerprint density at radius 3 is 2.36 bits per heavy atom. The van der Waals surface area contributed by atoms with Crippen LogP contribution < -0.4 is 0 Å². The summed E-state index contributed by atoms with van der Waals surface area (Å²) in [5.74, 6) is 0. The fraction of sp³-hybridized carbons (Fsp3) is 0.583. The van der Waals surface area contributed by atoms with Gasteiger partial charge in [-0.1, -0.05) is 30.3 Å². The van der Waals surface area contributed by atoms with Crippen LogP contribution in [0.3, 0.4) is 0 Å². The maximum absolute atomic E-state index is 10.2. The van der Waals surface area contributed by atoms with E-state index in [-0.39, 0.29) is 8.80 Å². The number of allylic oxidation sites excluding steroid dienone is 4. The van der Waals surface area contributed by atoms with E-state index in [4.69, 9.17) is 0 Å². The van der Waals surface area contributed by atoms with Crippen molar-refractivity contribution >= 4 is 15.1 Å². The lowest BCUT2D eigenvalue weighted by Gasteiger charge is -2.03. The molecule has 0 saturated carbocycles. The van der Waals surface area contributed by atoms with Gasteiger partial charge in [-0.15, -0.1) is 0 Å². The summed E-state index contributed by atoms with van der Waals surface area (Å²) in [5.41, 5.74) is 2.67. The highest BCUT2D eigenvalue weighted by molar-refractivity contribution is 6.56. The lowest BCUT2D eigenvalue weighted by atomic mass is 10.1. The first-order chi connectivity index (χ1) is 6.56. The van der Waals surface area contributed by atoms with Gasteiger partial charge in [0.2, 0.25) is 0 Å². The number of carbonyl (C=O) groups excluding carboxylic acids is 1. The molecule has 0 unspecified atom stereocenters. The van der Waals surface area contributed by atoms with Crippen LogP contribution in [0.25, 0.3) is 0 Å². The SMILES string of the molecule is CC(=CCC/C(C)=C\C=O)C[Si](C)C. The number of hydrogen-bond acceptors (Lipinski definition) is 1. The summed E-state index contributed by atoms with van der Waals surface area (Å²) in [7, 11) is -0.133.